The molecule has 0 saturated carbocycles. The SMILES string of the molecule is CCn1c(SCC(=O)c2cccn2C)nnc1-c1ccco1. The predicted molar refractivity (Wildman–Crippen MR) is 83.9 cm³/mol. The van der Waals surface area contributed by atoms with Gasteiger partial charge in [0.15, 0.2) is 22.5 Å². The molecule has 114 valence electrons. The monoisotopic (exact) mass is 316 g/mol. The summed E-state index contributed by atoms with van der Waals surface area (Å²) in [6.07, 6.45) is 3.47. The smallest absolute Gasteiger partial charge is 0.200 e. The van der Waals surface area contributed by atoms with Crippen molar-refractivity contribution in [1.82, 2.24) is 19.3 Å². The van der Waals surface area contributed by atoms with Crippen LogP contribution in [0.1, 0.15) is 17.4 Å². The molecule has 0 N–H and O–H groups in total. The van der Waals surface area contributed by atoms with Gasteiger partial charge in [0, 0.05) is 19.8 Å². The van der Waals surface area contributed by atoms with Gasteiger partial charge in [0.2, 0.25) is 0 Å². The van der Waals surface area contributed by atoms with E-state index in [-0.39, 0.29) is 5.78 Å². The first kappa shape index (κ1) is 14.6. The predicted octanol–water partition coefficient (Wildman–Crippen LogP) is 2.87. The zero-order valence-electron chi connectivity index (χ0n) is 12.4. The molecule has 6 nitrogen and oxygen atoms in total. The summed E-state index contributed by atoms with van der Waals surface area (Å²) in [6, 6.07) is 7.35. The Balaban J connectivity index is 1.76. The number of thioether (sulfide) groups is 1. The van der Waals surface area contributed by atoms with Gasteiger partial charge in [-0.05, 0) is 31.2 Å². The lowest BCUT2D eigenvalue weighted by atomic mass is 10.3. The molecular weight excluding hydrogens is 300 g/mol. The molecule has 3 heterocycles. The van der Waals surface area contributed by atoms with Crippen LogP contribution in [-0.2, 0) is 13.6 Å². The van der Waals surface area contributed by atoms with E-state index in [2.05, 4.69) is 10.2 Å². The average molecular weight is 316 g/mol. The summed E-state index contributed by atoms with van der Waals surface area (Å²) in [6.45, 7) is 2.72. The highest BCUT2D eigenvalue weighted by Gasteiger charge is 2.17. The molecule has 3 aromatic rings. The zero-order valence-corrected chi connectivity index (χ0v) is 13.2. The van der Waals surface area contributed by atoms with Gasteiger partial charge in [0.1, 0.15) is 0 Å². The Labute approximate surface area is 132 Å². The summed E-state index contributed by atoms with van der Waals surface area (Å²) in [5.74, 6) is 1.76. The molecule has 0 saturated heterocycles. The average Bonchev–Trinajstić information content (AvgIpc) is 3.24. The zero-order chi connectivity index (χ0) is 15.5. The lowest BCUT2D eigenvalue weighted by Gasteiger charge is -2.06. The summed E-state index contributed by atoms with van der Waals surface area (Å²) in [7, 11) is 1.86. The first-order chi connectivity index (χ1) is 10.7. The second kappa shape index (κ2) is 6.23. The van der Waals surface area contributed by atoms with Gasteiger partial charge in [-0.25, -0.2) is 0 Å². The molecule has 0 radical (unpaired) electrons. The van der Waals surface area contributed by atoms with Gasteiger partial charge in [0.05, 0.1) is 17.7 Å². The number of carbonyl (C=O) groups excluding carboxylic acids is 1. The molecule has 3 rings (SSSR count). The van der Waals surface area contributed by atoms with Crippen LogP contribution in [0.2, 0.25) is 0 Å². The molecule has 0 aromatic carbocycles. The van der Waals surface area contributed by atoms with Gasteiger partial charge in [-0.1, -0.05) is 11.8 Å². The van der Waals surface area contributed by atoms with Crippen LogP contribution in [0.5, 0.6) is 0 Å². The van der Waals surface area contributed by atoms with Crippen molar-refractivity contribution >= 4 is 17.5 Å². The van der Waals surface area contributed by atoms with E-state index in [1.807, 2.05) is 53.6 Å². The second-order valence-corrected chi connectivity index (χ2v) is 5.69. The number of aryl methyl sites for hydroxylation is 1. The number of rotatable bonds is 6. The van der Waals surface area contributed by atoms with Crippen LogP contribution in [0, 0.1) is 0 Å². The largest absolute Gasteiger partial charge is 0.461 e. The summed E-state index contributed by atoms with van der Waals surface area (Å²) in [4.78, 5) is 12.2. The Morgan fingerprint density at radius 3 is 2.82 bits per heavy atom. The number of Topliss-reactive ketones (excluding diaryl/α,β-unsaturated/α-hetero) is 1. The molecule has 0 bridgehead atoms. The number of furan rings is 1. The fourth-order valence-corrected chi connectivity index (χ4v) is 3.10. The van der Waals surface area contributed by atoms with Crippen molar-refractivity contribution in [1.29, 1.82) is 0 Å². The van der Waals surface area contributed by atoms with Crippen LogP contribution in [0.4, 0.5) is 0 Å². The lowest BCUT2D eigenvalue weighted by Crippen LogP contribution is -2.09. The standard InChI is InChI=1S/C15H16N4O2S/c1-3-19-14(13-7-5-9-21-13)16-17-15(19)22-10-12(20)11-6-4-8-18(11)2/h4-9H,3,10H2,1-2H3. The fourth-order valence-electron chi connectivity index (χ4n) is 2.22. The Morgan fingerprint density at radius 2 is 2.18 bits per heavy atom. The van der Waals surface area contributed by atoms with Crippen molar-refractivity contribution in [2.45, 2.75) is 18.6 Å². The van der Waals surface area contributed by atoms with Crippen LogP contribution < -0.4 is 0 Å². The van der Waals surface area contributed by atoms with Crippen LogP contribution in [0.25, 0.3) is 11.6 Å². The Bertz CT molecular complexity index is 773. The molecule has 0 atom stereocenters. The topological polar surface area (TPSA) is 65.8 Å². The molecule has 0 amide bonds. The van der Waals surface area contributed by atoms with E-state index in [1.54, 1.807) is 6.26 Å². The minimum absolute atomic E-state index is 0.0719. The van der Waals surface area contributed by atoms with Crippen molar-refractivity contribution < 1.29 is 9.21 Å². The molecule has 0 fully saturated rings. The normalized spacial score (nSPS) is 11.0. The van der Waals surface area contributed by atoms with Crippen molar-refractivity contribution in [2.75, 3.05) is 5.75 Å². The van der Waals surface area contributed by atoms with Crippen molar-refractivity contribution in [3.05, 3.63) is 42.4 Å². The minimum atomic E-state index is 0.0719. The molecule has 7 heteroatoms. The highest BCUT2D eigenvalue weighted by molar-refractivity contribution is 7.99. The first-order valence-electron chi connectivity index (χ1n) is 6.95. The summed E-state index contributed by atoms with van der Waals surface area (Å²) >= 11 is 1.39. The maximum atomic E-state index is 12.2. The van der Waals surface area contributed by atoms with Crippen molar-refractivity contribution in [3.63, 3.8) is 0 Å². The number of aromatic nitrogens is 4. The van der Waals surface area contributed by atoms with E-state index in [9.17, 15) is 4.79 Å². The maximum Gasteiger partial charge on any atom is 0.200 e. The van der Waals surface area contributed by atoms with Crippen molar-refractivity contribution in [2.24, 2.45) is 7.05 Å². The highest BCUT2D eigenvalue weighted by Crippen LogP contribution is 2.24. The highest BCUT2D eigenvalue weighted by atomic mass is 32.2. The molecule has 3 aromatic heterocycles. The molecular formula is C15H16N4O2S. The maximum absolute atomic E-state index is 12.2. The number of carbonyl (C=O) groups is 1. The Hall–Kier alpha value is -2.28. The third kappa shape index (κ3) is 2.71. The lowest BCUT2D eigenvalue weighted by molar-refractivity contribution is 0.101. The van der Waals surface area contributed by atoms with Gasteiger partial charge < -0.3 is 8.98 Å². The van der Waals surface area contributed by atoms with Crippen LogP contribution in [0.15, 0.2) is 46.3 Å². The summed E-state index contributed by atoms with van der Waals surface area (Å²) in [5, 5.41) is 9.06. The first-order valence-corrected chi connectivity index (χ1v) is 7.93. The van der Waals surface area contributed by atoms with Crippen LogP contribution in [0.3, 0.4) is 0 Å². The van der Waals surface area contributed by atoms with Crippen molar-refractivity contribution in [3.8, 4) is 11.6 Å². The van der Waals surface area contributed by atoms with Gasteiger partial charge in [-0.15, -0.1) is 10.2 Å². The summed E-state index contributed by atoms with van der Waals surface area (Å²) < 4.78 is 9.14. The number of nitrogens with zero attached hydrogens (tertiary/aromatic N) is 4. The van der Waals surface area contributed by atoms with Gasteiger partial charge >= 0.3 is 0 Å². The van der Waals surface area contributed by atoms with E-state index in [0.29, 0.717) is 29.6 Å². The molecule has 22 heavy (non-hydrogen) atoms. The third-order valence-electron chi connectivity index (χ3n) is 3.34. The van der Waals surface area contributed by atoms with E-state index in [0.717, 1.165) is 5.16 Å². The van der Waals surface area contributed by atoms with Crippen LogP contribution >= 0.6 is 11.8 Å². The Kier molecular flexibility index (Phi) is 4.15. The van der Waals surface area contributed by atoms with E-state index >= 15 is 0 Å². The molecule has 0 aliphatic carbocycles. The molecule has 0 unspecified atom stereocenters. The fraction of sp³-hybridized carbons (Fsp3) is 0.267. The van der Waals surface area contributed by atoms with E-state index in [1.165, 1.54) is 11.8 Å². The molecule has 0 aliphatic heterocycles. The van der Waals surface area contributed by atoms with E-state index in [4.69, 9.17) is 4.42 Å². The molecule has 0 spiro atoms. The minimum Gasteiger partial charge on any atom is -0.461 e. The number of ketones is 1. The van der Waals surface area contributed by atoms with Crippen LogP contribution in [-0.4, -0.2) is 30.9 Å². The Morgan fingerprint density at radius 1 is 1.32 bits per heavy atom. The van der Waals surface area contributed by atoms with Gasteiger partial charge in [-0.3, -0.25) is 9.36 Å². The van der Waals surface area contributed by atoms with Gasteiger partial charge in [0.25, 0.3) is 0 Å². The van der Waals surface area contributed by atoms with Gasteiger partial charge in [-0.2, -0.15) is 0 Å². The molecule has 0 aliphatic rings. The second-order valence-electron chi connectivity index (χ2n) is 4.74. The number of hydrogen-bond donors (Lipinski definition) is 0. The third-order valence-corrected chi connectivity index (χ3v) is 4.30. The summed E-state index contributed by atoms with van der Waals surface area (Å²) in [5.41, 5.74) is 0.696. The van der Waals surface area contributed by atoms with E-state index < -0.39 is 0 Å². The number of hydrogen-bond acceptors (Lipinski definition) is 5. The quantitative estimate of drug-likeness (QED) is 0.517.